The Bertz CT molecular complexity index is 185. The van der Waals surface area contributed by atoms with Gasteiger partial charge in [0.1, 0.15) is 6.04 Å². The molecule has 2 amide bonds. The molecule has 0 fully saturated rings. The third-order valence-electron chi connectivity index (χ3n) is 1.16. The topological polar surface area (TPSA) is 128 Å². The number of carboxylic acid groups (broad SMARTS) is 1. The van der Waals surface area contributed by atoms with Crippen molar-refractivity contribution >= 4 is 12.0 Å². The fourth-order valence-corrected chi connectivity index (χ4v) is 0.528. The highest BCUT2D eigenvalue weighted by Gasteiger charge is 2.10. The molecule has 0 radical (unpaired) electrons. The third kappa shape index (κ3) is 7.04. The van der Waals surface area contributed by atoms with Crippen molar-refractivity contribution in [3.8, 4) is 0 Å². The lowest BCUT2D eigenvalue weighted by molar-refractivity contribution is -0.139. The number of carboxylic acids is 1. The summed E-state index contributed by atoms with van der Waals surface area (Å²) in [4.78, 5) is 20.3. The molecule has 6 N–H and O–H groups in total. The van der Waals surface area contributed by atoms with Crippen LogP contribution in [0.3, 0.4) is 0 Å². The Balaban J connectivity index is 3.26. The lowest BCUT2D eigenvalue weighted by atomic mass is 10.3. The van der Waals surface area contributed by atoms with Gasteiger partial charge in [0, 0.05) is 6.54 Å². The summed E-state index contributed by atoms with van der Waals surface area (Å²) < 4.78 is 4.83. The Labute approximate surface area is 75.0 Å². The molecule has 0 aromatic heterocycles. The zero-order chi connectivity index (χ0) is 10.3. The van der Waals surface area contributed by atoms with Gasteiger partial charge in [0.2, 0.25) is 0 Å². The zero-order valence-electron chi connectivity index (χ0n) is 7.03. The number of nitrogens with two attached hydrogens (primary N) is 2. The molecule has 0 bridgehead atoms. The van der Waals surface area contributed by atoms with E-state index in [-0.39, 0.29) is 19.8 Å². The number of aliphatic carboxylic acids is 1. The second kappa shape index (κ2) is 6.21. The summed E-state index contributed by atoms with van der Waals surface area (Å²) >= 11 is 0. The monoisotopic (exact) mass is 191 g/mol. The first kappa shape index (κ1) is 11.7. The molecule has 1 atom stereocenters. The Kier molecular flexibility index (Phi) is 5.57. The van der Waals surface area contributed by atoms with Gasteiger partial charge >= 0.3 is 12.0 Å². The van der Waals surface area contributed by atoms with Crippen LogP contribution in [0.25, 0.3) is 0 Å². The van der Waals surface area contributed by atoms with Crippen LogP contribution in [-0.2, 0) is 9.53 Å². The minimum atomic E-state index is -1.12. The molecule has 0 aromatic rings. The van der Waals surface area contributed by atoms with Crippen molar-refractivity contribution in [1.82, 2.24) is 5.32 Å². The number of rotatable bonds is 6. The van der Waals surface area contributed by atoms with Crippen LogP contribution < -0.4 is 16.8 Å². The van der Waals surface area contributed by atoms with Crippen LogP contribution in [0.5, 0.6) is 0 Å². The maximum atomic E-state index is 10.2. The van der Waals surface area contributed by atoms with Crippen LogP contribution >= 0.6 is 0 Å². The lowest BCUT2D eigenvalue weighted by Crippen LogP contribution is -2.37. The highest BCUT2D eigenvalue weighted by Crippen LogP contribution is 1.81. The van der Waals surface area contributed by atoms with Crippen molar-refractivity contribution in [2.24, 2.45) is 11.5 Å². The van der Waals surface area contributed by atoms with Gasteiger partial charge in [0.25, 0.3) is 0 Å². The molecule has 0 aromatic carbocycles. The van der Waals surface area contributed by atoms with E-state index in [1.165, 1.54) is 0 Å². The highest BCUT2D eigenvalue weighted by atomic mass is 16.5. The molecule has 0 aliphatic rings. The van der Waals surface area contributed by atoms with Crippen molar-refractivity contribution in [3.63, 3.8) is 0 Å². The minimum absolute atomic E-state index is 0.0875. The maximum absolute atomic E-state index is 10.2. The van der Waals surface area contributed by atoms with E-state index >= 15 is 0 Å². The van der Waals surface area contributed by atoms with Gasteiger partial charge in [-0.2, -0.15) is 0 Å². The number of carbonyl (C=O) groups excluding carboxylic acids is 1. The standard InChI is InChI=1S/C6H13N3O4/c7-4(5(10)11)3-13-2-1-9-6(8)12/h4H,1-3,7H2,(H,10,11)(H3,8,9,12)/t4-/m0/s1. The van der Waals surface area contributed by atoms with Crippen LogP contribution in [0.15, 0.2) is 0 Å². The number of urea groups is 1. The molecule has 76 valence electrons. The van der Waals surface area contributed by atoms with E-state index in [1.807, 2.05) is 0 Å². The van der Waals surface area contributed by atoms with Crippen LogP contribution in [0.1, 0.15) is 0 Å². The number of amides is 2. The average molecular weight is 191 g/mol. The minimum Gasteiger partial charge on any atom is -0.480 e. The fourth-order valence-electron chi connectivity index (χ4n) is 0.528. The molecule has 7 nitrogen and oxygen atoms in total. The summed E-state index contributed by atoms with van der Waals surface area (Å²) in [6, 6.07) is -1.68. The number of nitrogens with one attached hydrogen (secondary N) is 1. The van der Waals surface area contributed by atoms with Crippen molar-refractivity contribution in [3.05, 3.63) is 0 Å². The number of primary amides is 1. The van der Waals surface area contributed by atoms with Gasteiger partial charge in [-0.15, -0.1) is 0 Å². The van der Waals surface area contributed by atoms with E-state index in [0.29, 0.717) is 0 Å². The van der Waals surface area contributed by atoms with E-state index in [0.717, 1.165) is 0 Å². The summed E-state index contributed by atoms with van der Waals surface area (Å²) in [5.74, 6) is -1.12. The van der Waals surface area contributed by atoms with E-state index in [4.69, 9.17) is 21.3 Å². The van der Waals surface area contributed by atoms with Gasteiger partial charge in [-0.25, -0.2) is 4.79 Å². The van der Waals surface area contributed by atoms with E-state index in [1.54, 1.807) is 0 Å². The normalized spacial score (nSPS) is 12.1. The number of hydrogen-bond donors (Lipinski definition) is 4. The van der Waals surface area contributed by atoms with Crippen molar-refractivity contribution in [2.75, 3.05) is 19.8 Å². The van der Waals surface area contributed by atoms with Gasteiger partial charge in [-0.05, 0) is 0 Å². The highest BCUT2D eigenvalue weighted by molar-refractivity contribution is 5.73. The van der Waals surface area contributed by atoms with E-state index in [9.17, 15) is 9.59 Å². The predicted molar refractivity (Wildman–Crippen MR) is 44.0 cm³/mol. The molecule has 7 heteroatoms. The molecule has 0 aliphatic carbocycles. The Morgan fingerprint density at radius 3 is 2.62 bits per heavy atom. The molecule has 0 saturated heterocycles. The summed E-state index contributed by atoms with van der Waals surface area (Å²) in [5, 5.41) is 10.6. The molecule has 0 saturated carbocycles. The van der Waals surface area contributed by atoms with Crippen molar-refractivity contribution < 1.29 is 19.4 Å². The summed E-state index contributed by atoms with van der Waals surface area (Å²) in [5.41, 5.74) is 9.88. The first-order chi connectivity index (χ1) is 6.04. The van der Waals surface area contributed by atoms with Gasteiger partial charge < -0.3 is 26.6 Å². The molecule has 0 spiro atoms. The summed E-state index contributed by atoms with van der Waals surface area (Å²) in [7, 11) is 0. The molecular formula is C6H13N3O4. The Hall–Kier alpha value is -1.34. The molecule has 0 aliphatic heterocycles. The largest absolute Gasteiger partial charge is 0.480 e. The van der Waals surface area contributed by atoms with Crippen LogP contribution in [0.2, 0.25) is 0 Å². The van der Waals surface area contributed by atoms with Crippen LogP contribution in [0.4, 0.5) is 4.79 Å². The first-order valence-electron chi connectivity index (χ1n) is 3.63. The number of hydrogen-bond acceptors (Lipinski definition) is 4. The third-order valence-corrected chi connectivity index (χ3v) is 1.16. The zero-order valence-corrected chi connectivity index (χ0v) is 7.03. The molecule has 0 unspecified atom stereocenters. The van der Waals surface area contributed by atoms with E-state index < -0.39 is 18.0 Å². The van der Waals surface area contributed by atoms with Crippen LogP contribution in [0, 0.1) is 0 Å². The van der Waals surface area contributed by atoms with Gasteiger partial charge in [0.15, 0.2) is 0 Å². The average Bonchev–Trinajstić information content (AvgIpc) is 2.02. The number of carbonyl (C=O) groups is 2. The summed E-state index contributed by atoms with van der Waals surface area (Å²) in [6.45, 7) is 0.335. The Morgan fingerprint density at radius 2 is 2.15 bits per heavy atom. The van der Waals surface area contributed by atoms with Crippen LogP contribution in [-0.4, -0.2) is 42.9 Å². The van der Waals surface area contributed by atoms with Gasteiger partial charge in [0.05, 0.1) is 13.2 Å². The van der Waals surface area contributed by atoms with Crippen molar-refractivity contribution in [2.45, 2.75) is 6.04 Å². The van der Waals surface area contributed by atoms with Crippen molar-refractivity contribution in [1.29, 1.82) is 0 Å². The first-order valence-corrected chi connectivity index (χ1v) is 3.63. The lowest BCUT2D eigenvalue weighted by Gasteiger charge is -2.07. The van der Waals surface area contributed by atoms with Gasteiger partial charge in [-0.1, -0.05) is 0 Å². The fraction of sp³-hybridized carbons (Fsp3) is 0.667. The molecule has 0 heterocycles. The second-order valence-electron chi connectivity index (χ2n) is 2.31. The number of ether oxygens (including phenoxy) is 1. The smallest absolute Gasteiger partial charge is 0.322 e. The predicted octanol–water partition coefficient (Wildman–Crippen LogP) is -1.92. The maximum Gasteiger partial charge on any atom is 0.322 e. The Morgan fingerprint density at radius 1 is 1.54 bits per heavy atom. The molecule has 0 rings (SSSR count). The summed E-state index contributed by atoms with van der Waals surface area (Å²) in [6.07, 6.45) is 0. The second-order valence-corrected chi connectivity index (χ2v) is 2.31. The molecular weight excluding hydrogens is 178 g/mol. The quantitative estimate of drug-likeness (QED) is 0.364. The van der Waals surface area contributed by atoms with E-state index in [2.05, 4.69) is 5.32 Å². The molecule has 13 heavy (non-hydrogen) atoms. The van der Waals surface area contributed by atoms with Gasteiger partial charge in [-0.3, -0.25) is 4.79 Å². The SMILES string of the molecule is NC(=O)NCCOC[C@H](N)C(=O)O.